The smallest absolute Gasteiger partial charge is 0.326 e. The summed E-state index contributed by atoms with van der Waals surface area (Å²) in [7, 11) is 0. The van der Waals surface area contributed by atoms with Crippen molar-refractivity contribution in [1.82, 2.24) is 5.32 Å². The summed E-state index contributed by atoms with van der Waals surface area (Å²) in [4.78, 5) is 12.2. The molecule has 184 valence electrons. The van der Waals surface area contributed by atoms with Gasteiger partial charge in [0.15, 0.2) is 0 Å². The Balaban J connectivity index is 1.75. The molecule has 2 fully saturated rings. The molecule has 1 aromatic carbocycles. The van der Waals surface area contributed by atoms with Gasteiger partial charge in [0.25, 0.3) is 0 Å². The van der Waals surface area contributed by atoms with Crippen molar-refractivity contribution < 1.29 is 9.90 Å². The number of aliphatic carboxylic acids is 1. The molecule has 5 unspecified atom stereocenters. The average Bonchev–Trinajstić information content (AvgIpc) is 2.73. The molecular weight excluding hydrogens is 406 g/mol. The predicted octanol–water partition coefficient (Wildman–Crippen LogP) is 7.61. The molecule has 0 aromatic heterocycles. The first-order chi connectivity index (χ1) is 15.9. The summed E-state index contributed by atoms with van der Waals surface area (Å²) >= 11 is 0. The Hall–Kier alpha value is -1.77. The van der Waals surface area contributed by atoms with Gasteiger partial charge in [-0.25, -0.2) is 4.79 Å². The van der Waals surface area contributed by atoms with Crippen LogP contribution in [0.2, 0.25) is 0 Å². The SMILES string of the molecule is CCC(C)CCCC(C)C(C1CCC1)C(C)C(NC(Cc1ccccc1)C(=O)O)=C1CCC1. The number of benzene rings is 1. The second-order valence-electron chi connectivity index (χ2n) is 11.1. The molecule has 0 saturated heterocycles. The summed E-state index contributed by atoms with van der Waals surface area (Å²) in [5.74, 6) is 2.61. The Morgan fingerprint density at radius 2 is 1.76 bits per heavy atom. The third kappa shape index (κ3) is 7.11. The van der Waals surface area contributed by atoms with E-state index in [0.29, 0.717) is 24.2 Å². The third-order valence-electron chi connectivity index (χ3n) is 8.69. The van der Waals surface area contributed by atoms with Gasteiger partial charge >= 0.3 is 5.97 Å². The first kappa shape index (κ1) is 25.8. The van der Waals surface area contributed by atoms with E-state index in [1.54, 1.807) is 0 Å². The van der Waals surface area contributed by atoms with Gasteiger partial charge < -0.3 is 10.4 Å². The van der Waals surface area contributed by atoms with Crippen molar-refractivity contribution in [3.63, 3.8) is 0 Å². The number of carbonyl (C=O) groups is 1. The van der Waals surface area contributed by atoms with Crippen molar-refractivity contribution in [3.05, 3.63) is 47.2 Å². The highest BCUT2D eigenvalue weighted by atomic mass is 16.4. The molecule has 0 aliphatic heterocycles. The Bertz CT molecular complexity index is 761. The van der Waals surface area contributed by atoms with Crippen LogP contribution in [0.1, 0.15) is 97.5 Å². The number of carboxylic acid groups (broad SMARTS) is 1. The van der Waals surface area contributed by atoms with E-state index < -0.39 is 12.0 Å². The van der Waals surface area contributed by atoms with Crippen molar-refractivity contribution in [2.45, 2.75) is 104 Å². The average molecular weight is 454 g/mol. The Kier molecular flexibility index (Phi) is 9.89. The standard InChI is InChI=1S/C30H47NO2/c1-5-21(2)12-9-13-22(3)28(25-16-10-17-25)23(4)29(26-18-11-19-26)31-27(30(32)33)20-24-14-7-6-8-15-24/h6-8,14-15,21-23,25,27-28,31H,5,9-13,16-20H2,1-4H3,(H,32,33). The van der Waals surface area contributed by atoms with E-state index in [-0.39, 0.29) is 0 Å². The Morgan fingerprint density at radius 1 is 1.06 bits per heavy atom. The zero-order chi connectivity index (χ0) is 23.8. The molecule has 2 aliphatic carbocycles. The summed E-state index contributed by atoms with van der Waals surface area (Å²) < 4.78 is 0. The van der Waals surface area contributed by atoms with Crippen molar-refractivity contribution >= 4 is 5.97 Å². The minimum atomic E-state index is -0.745. The number of carboxylic acids is 1. The fourth-order valence-electron chi connectivity index (χ4n) is 5.98. The molecule has 0 spiro atoms. The van der Waals surface area contributed by atoms with Crippen molar-refractivity contribution in [2.24, 2.45) is 29.6 Å². The molecule has 0 amide bonds. The van der Waals surface area contributed by atoms with Gasteiger partial charge in [-0.1, -0.05) is 109 Å². The van der Waals surface area contributed by atoms with Crippen molar-refractivity contribution in [2.75, 3.05) is 0 Å². The van der Waals surface area contributed by atoms with Gasteiger partial charge in [-0.3, -0.25) is 0 Å². The van der Waals surface area contributed by atoms with Gasteiger partial charge in [-0.15, -0.1) is 0 Å². The zero-order valence-corrected chi connectivity index (χ0v) is 21.5. The molecule has 0 radical (unpaired) electrons. The maximum Gasteiger partial charge on any atom is 0.326 e. The van der Waals surface area contributed by atoms with E-state index in [2.05, 4.69) is 33.0 Å². The molecule has 2 aliphatic rings. The van der Waals surface area contributed by atoms with E-state index in [1.807, 2.05) is 30.3 Å². The van der Waals surface area contributed by atoms with Crippen LogP contribution in [0.15, 0.2) is 41.6 Å². The molecule has 1 aromatic rings. The molecule has 0 bridgehead atoms. The van der Waals surface area contributed by atoms with Crippen LogP contribution in [0.25, 0.3) is 0 Å². The fourth-order valence-corrected chi connectivity index (χ4v) is 5.98. The number of nitrogens with one attached hydrogen (secondary N) is 1. The van der Waals surface area contributed by atoms with Gasteiger partial charge in [-0.05, 0) is 54.4 Å². The molecule has 3 heteroatoms. The van der Waals surface area contributed by atoms with Crippen LogP contribution >= 0.6 is 0 Å². The maximum atomic E-state index is 12.2. The van der Waals surface area contributed by atoms with Crippen LogP contribution in [0.5, 0.6) is 0 Å². The molecule has 2 saturated carbocycles. The highest BCUT2D eigenvalue weighted by Gasteiger charge is 2.38. The van der Waals surface area contributed by atoms with Gasteiger partial charge in [-0.2, -0.15) is 0 Å². The molecule has 3 rings (SSSR count). The first-order valence-corrected chi connectivity index (χ1v) is 13.7. The minimum Gasteiger partial charge on any atom is -0.480 e. The van der Waals surface area contributed by atoms with E-state index in [1.165, 1.54) is 62.6 Å². The van der Waals surface area contributed by atoms with Crippen LogP contribution < -0.4 is 5.32 Å². The topological polar surface area (TPSA) is 49.3 Å². The largest absolute Gasteiger partial charge is 0.480 e. The van der Waals surface area contributed by atoms with Gasteiger partial charge in [0, 0.05) is 12.1 Å². The Labute approximate surface area is 202 Å². The highest BCUT2D eigenvalue weighted by Crippen LogP contribution is 2.46. The van der Waals surface area contributed by atoms with Crippen LogP contribution in [-0.2, 0) is 11.2 Å². The lowest BCUT2D eigenvalue weighted by Crippen LogP contribution is -2.43. The summed E-state index contributed by atoms with van der Waals surface area (Å²) in [6.07, 6.45) is 13.3. The maximum absolute atomic E-state index is 12.2. The zero-order valence-electron chi connectivity index (χ0n) is 21.5. The Morgan fingerprint density at radius 3 is 2.27 bits per heavy atom. The lowest BCUT2D eigenvalue weighted by molar-refractivity contribution is -0.139. The number of hydrogen-bond donors (Lipinski definition) is 2. The predicted molar refractivity (Wildman–Crippen MR) is 138 cm³/mol. The molecular formula is C30H47NO2. The van der Waals surface area contributed by atoms with E-state index >= 15 is 0 Å². The van der Waals surface area contributed by atoms with E-state index in [9.17, 15) is 9.90 Å². The summed E-state index contributed by atoms with van der Waals surface area (Å²) in [6.45, 7) is 9.53. The molecule has 33 heavy (non-hydrogen) atoms. The molecule has 0 heterocycles. The van der Waals surface area contributed by atoms with Crippen LogP contribution in [-0.4, -0.2) is 17.1 Å². The van der Waals surface area contributed by atoms with Gasteiger partial charge in [0.2, 0.25) is 0 Å². The first-order valence-electron chi connectivity index (χ1n) is 13.7. The van der Waals surface area contributed by atoms with Gasteiger partial charge in [0.1, 0.15) is 6.04 Å². The normalized spacial score (nSPS) is 20.7. The van der Waals surface area contributed by atoms with Crippen LogP contribution in [0, 0.1) is 29.6 Å². The monoisotopic (exact) mass is 453 g/mol. The van der Waals surface area contributed by atoms with Crippen LogP contribution in [0.3, 0.4) is 0 Å². The summed E-state index contributed by atoms with van der Waals surface area (Å²) in [5.41, 5.74) is 3.84. The number of hydrogen-bond acceptors (Lipinski definition) is 2. The second-order valence-corrected chi connectivity index (χ2v) is 11.1. The van der Waals surface area contributed by atoms with Crippen LogP contribution in [0.4, 0.5) is 0 Å². The quantitative estimate of drug-likeness (QED) is 0.305. The molecule has 3 nitrogen and oxygen atoms in total. The highest BCUT2D eigenvalue weighted by molar-refractivity contribution is 5.74. The van der Waals surface area contributed by atoms with E-state index in [0.717, 1.165) is 30.2 Å². The summed E-state index contributed by atoms with van der Waals surface area (Å²) in [6, 6.07) is 9.48. The van der Waals surface area contributed by atoms with Crippen molar-refractivity contribution in [1.29, 1.82) is 0 Å². The second kappa shape index (κ2) is 12.6. The summed E-state index contributed by atoms with van der Waals surface area (Å²) in [5, 5.41) is 13.7. The minimum absolute atomic E-state index is 0.404. The lowest BCUT2D eigenvalue weighted by atomic mass is 9.63. The fraction of sp³-hybridized carbons (Fsp3) is 0.700. The van der Waals surface area contributed by atoms with Gasteiger partial charge in [0.05, 0.1) is 0 Å². The molecule has 2 N–H and O–H groups in total. The number of rotatable bonds is 14. The third-order valence-corrected chi connectivity index (χ3v) is 8.69. The van der Waals surface area contributed by atoms with E-state index in [4.69, 9.17) is 0 Å². The molecule has 5 atom stereocenters. The lowest BCUT2D eigenvalue weighted by Gasteiger charge is -2.44. The number of allylic oxidation sites excluding steroid dienone is 2. The van der Waals surface area contributed by atoms with Crippen molar-refractivity contribution in [3.8, 4) is 0 Å².